The lowest BCUT2D eigenvalue weighted by Gasteiger charge is -2.24. The number of hydrogen-bond acceptors (Lipinski definition) is 5. The SMILES string of the molecule is CCCCC/C=C\C/C=C\C/C=C\C/C=C\CCCC(CC(=O)NC(CO)C(O)CCCCCCCCCCC)OC(=O)CCCCCCC/C=C/CCCCCCCCC. The molecule has 6 heteroatoms. The summed E-state index contributed by atoms with van der Waals surface area (Å²) in [5, 5.41) is 23.7. The quantitative estimate of drug-likeness (QED) is 0.0322. The number of rotatable bonds is 46. The number of amides is 1. The van der Waals surface area contributed by atoms with E-state index in [1.807, 2.05) is 0 Å². The molecule has 3 unspecified atom stereocenters. The van der Waals surface area contributed by atoms with Crippen molar-refractivity contribution in [1.82, 2.24) is 5.32 Å². The van der Waals surface area contributed by atoms with Crippen molar-refractivity contribution in [3.63, 3.8) is 0 Å². The van der Waals surface area contributed by atoms with Gasteiger partial charge >= 0.3 is 5.97 Å². The molecule has 0 aliphatic rings. The molecule has 1 amide bonds. The third kappa shape index (κ3) is 44.0. The Bertz CT molecular complexity index is 1090. The summed E-state index contributed by atoms with van der Waals surface area (Å²) in [7, 11) is 0. The lowest BCUT2D eigenvalue weighted by atomic mass is 10.0. The lowest BCUT2D eigenvalue weighted by Crippen LogP contribution is -2.46. The van der Waals surface area contributed by atoms with E-state index in [9.17, 15) is 19.8 Å². The molecule has 354 valence electrons. The third-order valence-electron chi connectivity index (χ3n) is 11.6. The number of hydrogen-bond donors (Lipinski definition) is 3. The van der Waals surface area contributed by atoms with Crippen LogP contribution in [0.5, 0.6) is 0 Å². The molecule has 0 aromatic rings. The Morgan fingerprint density at radius 2 is 0.852 bits per heavy atom. The highest BCUT2D eigenvalue weighted by molar-refractivity contribution is 5.77. The number of unbranched alkanes of at least 4 members (excludes halogenated alkanes) is 24. The summed E-state index contributed by atoms with van der Waals surface area (Å²) in [5.74, 6) is -0.537. The average molecular weight is 854 g/mol. The number of allylic oxidation sites excluding steroid dienone is 10. The fraction of sp³-hybridized carbons (Fsp3) is 0.782. The van der Waals surface area contributed by atoms with Crippen LogP contribution < -0.4 is 5.32 Å². The first kappa shape index (κ1) is 58.6. The highest BCUT2D eigenvalue weighted by Gasteiger charge is 2.24. The van der Waals surface area contributed by atoms with Crippen LogP contribution in [0, 0.1) is 0 Å². The van der Waals surface area contributed by atoms with Gasteiger partial charge in [0.15, 0.2) is 0 Å². The van der Waals surface area contributed by atoms with E-state index < -0.39 is 18.2 Å². The Kier molecular flexibility index (Phi) is 46.6. The predicted molar refractivity (Wildman–Crippen MR) is 264 cm³/mol. The summed E-state index contributed by atoms with van der Waals surface area (Å²) < 4.78 is 5.90. The Morgan fingerprint density at radius 1 is 0.475 bits per heavy atom. The van der Waals surface area contributed by atoms with Gasteiger partial charge in [0.05, 0.1) is 25.2 Å². The number of esters is 1. The van der Waals surface area contributed by atoms with Gasteiger partial charge < -0.3 is 20.3 Å². The number of aliphatic hydroxyl groups excluding tert-OH is 2. The second kappa shape index (κ2) is 48.6. The van der Waals surface area contributed by atoms with Crippen LogP contribution in [0.1, 0.15) is 252 Å². The van der Waals surface area contributed by atoms with Gasteiger partial charge in [-0.15, -0.1) is 0 Å². The van der Waals surface area contributed by atoms with Gasteiger partial charge in [0.1, 0.15) is 6.10 Å². The molecule has 0 aliphatic heterocycles. The minimum Gasteiger partial charge on any atom is -0.462 e. The number of carbonyl (C=O) groups excluding carboxylic acids is 2. The maximum Gasteiger partial charge on any atom is 0.306 e. The van der Waals surface area contributed by atoms with Gasteiger partial charge in [-0.2, -0.15) is 0 Å². The second-order valence-corrected chi connectivity index (χ2v) is 17.6. The molecule has 0 aromatic heterocycles. The molecule has 0 saturated carbocycles. The van der Waals surface area contributed by atoms with Crippen LogP contribution in [0.15, 0.2) is 60.8 Å². The fourth-order valence-electron chi connectivity index (χ4n) is 7.59. The normalized spacial score (nSPS) is 13.7. The first-order valence-electron chi connectivity index (χ1n) is 26.0. The van der Waals surface area contributed by atoms with Gasteiger partial charge in [0.25, 0.3) is 0 Å². The summed E-state index contributed by atoms with van der Waals surface area (Å²) in [4.78, 5) is 26.1. The van der Waals surface area contributed by atoms with Crippen LogP contribution in [0.4, 0.5) is 0 Å². The number of carbonyl (C=O) groups is 2. The van der Waals surface area contributed by atoms with E-state index in [1.54, 1.807) is 0 Å². The minimum absolute atomic E-state index is 0.0358. The van der Waals surface area contributed by atoms with Crippen LogP contribution in [-0.4, -0.2) is 46.9 Å². The first-order chi connectivity index (χ1) is 30.0. The standard InChI is InChI=1S/C55H99NO5/c1-4-7-10-13-16-19-21-23-25-27-28-30-32-35-37-40-43-46-51(49-54(59)56-52(50-57)53(58)47-44-41-38-34-18-15-12-9-6-3)61-55(60)48-45-42-39-36-33-31-29-26-24-22-20-17-14-11-8-5-2/h16,19,23,25-26,28-30,35,37,51-53,57-58H,4-15,17-18,20-22,24,27,31-34,36,38-50H2,1-3H3,(H,56,59)/b19-16-,25-23-,29-26+,30-28-,37-35-. The van der Waals surface area contributed by atoms with Crippen molar-refractivity contribution in [2.24, 2.45) is 0 Å². The van der Waals surface area contributed by atoms with Crippen molar-refractivity contribution in [2.75, 3.05) is 6.61 Å². The van der Waals surface area contributed by atoms with Crippen LogP contribution in [0.2, 0.25) is 0 Å². The van der Waals surface area contributed by atoms with Gasteiger partial charge in [-0.3, -0.25) is 9.59 Å². The van der Waals surface area contributed by atoms with Gasteiger partial charge in [-0.1, -0.05) is 210 Å². The zero-order chi connectivity index (χ0) is 44.5. The highest BCUT2D eigenvalue weighted by Crippen LogP contribution is 2.16. The molecule has 0 aromatic carbocycles. The summed E-state index contributed by atoms with van der Waals surface area (Å²) in [6, 6.07) is -0.720. The zero-order valence-electron chi connectivity index (χ0n) is 40.3. The Balaban J connectivity index is 4.69. The molecule has 0 saturated heterocycles. The Hall–Kier alpha value is -2.44. The minimum atomic E-state index is -0.803. The second-order valence-electron chi connectivity index (χ2n) is 17.6. The largest absolute Gasteiger partial charge is 0.462 e. The van der Waals surface area contributed by atoms with E-state index in [0.717, 1.165) is 77.0 Å². The number of ether oxygens (including phenoxy) is 1. The topological polar surface area (TPSA) is 95.9 Å². The van der Waals surface area contributed by atoms with Crippen molar-refractivity contribution in [2.45, 2.75) is 270 Å². The van der Waals surface area contributed by atoms with Gasteiger partial charge in [0.2, 0.25) is 5.91 Å². The molecule has 0 rings (SSSR count). The van der Waals surface area contributed by atoms with Gasteiger partial charge in [-0.25, -0.2) is 0 Å². The average Bonchev–Trinajstić information content (AvgIpc) is 3.25. The van der Waals surface area contributed by atoms with E-state index in [2.05, 4.69) is 86.8 Å². The lowest BCUT2D eigenvalue weighted by molar-refractivity contribution is -0.151. The van der Waals surface area contributed by atoms with E-state index in [0.29, 0.717) is 19.3 Å². The van der Waals surface area contributed by atoms with E-state index in [-0.39, 0.29) is 24.9 Å². The smallest absolute Gasteiger partial charge is 0.306 e. The number of aliphatic hydroxyl groups is 2. The predicted octanol–water partition coefficient (Wildman–Crippen LogP) is 15.6. The molecular weight excluding hydrogens is 755 g/mol. The molecule has 3 N–H and O–H groups in total. The number of nitrogens with one attached hydrogen (secondary N) is 1. The van der Waals surface area contributed by atoms with Crippen molar-refractivity contribution in [3.05, 3.63) is 60.8 Å². The Labute approximate surface area is 378 Å². The van der Waals surface area contributed by atoms with E-state index >= 15 is 0 Å². The molecule has 6 nitrogen and oxygen atoms in total. The van der Waals surface area contributed by atoms with Gasteiger partial charge in [-0.05, 0) is 89.9 Å². The molecular formula is C55H99NO5. The Morgan fingerprint density at radius 3 is 1.34 bits per heavy atom. The monoisotopic (exact) mass is 854 g/mol. The van der Waals surface area contributed by atoms with E-state index in [4.69, 9.17) is 4.74 Å². The molecule has 0 fully saturated rings. The van der Waals surface area contributed by atoms with Crippen LogP contribution in [0.3, 0.4) is 0 Å². The molecule has 3 atom stereocenters. The van der Waals surface area contributed by atoms with Crippen molar-refractivity contribution < 1.29 is 24.5 Å². The van der Waals surface area contributed by atoms with Crippen molar-refractivity contribution in [1.29, 1.82) is 0 Å². The zero-order valence-corrected chi connectivity index (χ0v) is 40.3. The van der Waals surface area contributed by atoms with Crippen LogP contribution in [-0.2, 0) is 14.3 Å². The van der Waals surface area contributed by atoms with Crippen LogP contribution in [0.25, 0.3) is 0 Å². The molecule has 0 aliphatic carbocycles. The summed E-state index contributed by atoms with van der Waals surface area (Å²) >= 11 is 0. The van der Waals surface area contributed by atoms with Crippen molar-refractivity contribution >= 4 is 11.9 Å². The molecule has 0 heterocycles. The third-order valence-corrected chi connectivity index (χ3v) is 11.6. The van der Waals surface area contributed by atoms with Crippen LogP contribution >= 0.6 is 0 Å². The summed E-state index contributed by atoms with van der Waals surface area (Å²) in [6.45, 7) is 6.42. The molecule has 61 heavy (non-hydrogen) atoms. The molecule has 0 bridgehead atoms. The van der Waals surface area contributed by atoms with Gasteiger partial charge in [0, 0.05) is 6.42 Å². The molecule has 0 spiro atoms. The first-order valence-corrected chi connectivity index (χ1v) is 26.0. The maximum atomic E-state index is 13.2. The summed E-state index contributed by atoms with van der Waals surface area (Å²) in [6.07, 6.45) is 60.0. The fourth-order valence-corrected chi connectivity index (χ4v) is 7.59. The van der Waals surface area contributed by atoms with E-state index in [1.165, 1.54) is 128 Å². The molecule has 0 radical (unpaired) electrons. The van der Waals surface area contributed by atoms with Crippen molar-refractivity contribution in [3.8, 4) is 0 Å². The summed E-state index contributed by atoms with van der Waals surface area (Å²) in [5.41, 5.74) is 0. The highest BCUT2D eigenvalue weighted by atomic mass is 16.5. The maximum absolute atomic E-state index is 13.2.